The van der Waals surface area contributed by atoms with Gasteiger partial charge in [0.1, 0.15) is 11.2 Å². The SMILES string of the molecule is Cc1cc(-n2c3ccccc3c3c4ccccc4c4ccccc4c32)c(Cl)c(-n2c3c(C)cc(C)cc3n3c4oc5ccccc5c4cc23)c1. The van der Waals surface area contributed by atoms with E-state index in [1.54, 1.807) is 0 Å². The highest BCUT2D eigenvalue weighted by molar-refractivity contribution is 6.36. The van der Waals surface area contributed by atoms with Crippen molar-refractivity contribution < 1.29 is 4.42 Å². The Morgan fingerprint density at radius 2 is 1.10 bits per heavy atom. The molecule has 4 nitrogen and oxygen atoms in total. The molecule has 238 valence electrons. The van der Waals surface area contributed by atoms with E-state index in [0.29, 0.717) is 5.02 Å². The minimum atomic E-state index is 0.692. The topological polar surface area (TPSA) is 27.4 Å². The molecule has 0 fully saturated rings. The van der Waals surface area contributed by atoms with Crippen LogP contribution in [0.3, 0.4) is 0 Å². The van der Waals surface area contributed by atoms with E-state index in [-0.39, 0.29) is 0 Å². The molecule has 0 amide bonds. The quantitative estimate of drug-likeness (QED) is 0.169. The molecule has 4 aromatic heterocycles. The van der Waals surface area contributed by atoms with Crippen LogP contribution in [0.15, 0.2) is 132 Å². The number of imidazole rings is 1. The average molecular weight is 664 g/mol. The zero-order valence-corrected chi connectivity index (χ0v) is 28.5. The Morgan fingerprint density at radius 1 is 0.500 bits per heavy atom. The molecule has 0 saturated heterocycles. The zero-order valence-electron chi connectivity index (χ0n) is 27.8. The van der Waals surface area contributed by atoms with Gasteiger partial charge in [-0.15, -0.1) is 0 Å². The molecule has 50 heavy (non-hydrogen) atoms. The summed E-state index contributed by atoms with van der Waals surface area (Å²) in [6.45, 7) is 6.51. The lowest BCUT2D eigenvalue weighted by Crippen LogP contribution is -2.03. The van der Waals surface area contributed by atoms with E-state index in [9.17, 15) is 0 Å². The van der Waals surface area contributed by atoms with E-state index in [2.05, 4.69) is 150 Å². The maximum atomic E-state index is 7.81. The van der Waals surface area contributed by atoms with Gasteiger partial charge >= 0.3 is 0 Å². The van der Waals surface area contributed by atoms with Crippen molar-refractivity contribution in [2.45, 2.75) is 20.8 Å². The summed E-state index contributed by atoms with van der Waals surface area (Å²) in [6, 6.07) is 45.8. The Balaban J connectivity index is 1.31. The molecule has 0 N–H and O–H groups in total. The lowest BCUT2D eigenvalue weighted by atomic mass is 9.97. The molecule has 0 aliphatic heterocycles. The Morgan fingerprint density at radius 3 is 1.88 bits per heavy atom. The number of furan rings is 1. The van der Waals surface area contributed by atoms with Crippen LogP contribution in [-0.2, 0) is 0 Å². The fourth-order valence-corrected chi connectivity index (χ4v) is 9.02. The van der Waals surface area contributed by atoms with Gasteiger partial charge < -0.3 is 8.98 Å². The molecule has 0 aliphatic carbocycles. The first-order valence-corrected chi connectivity index (χ1v) is 17.4. The van der Waals surface area contributed by atoms with Crippen LogP contribution >= 0.6 is 11.6 Å². The molecule has 0 spiro atoms. The van der Waals surface area contributed by atoms with E-state index in [4.69, 9.17) is 16.0 Å². The van der Waals surface area contributed by atoms with Crippen LogP contribution in [0, 0.1) is 20.8 Å². The second kappa shape index (κ2) is 9.81. The van der Waals surface area contributed by atoms with Crippen molar-refractivity contribution in [2.75, 3.05) is 0 Å². The summed E-state index contributed by atoms with van der Waals surface area (Å²) in [5, 5.41) is 10.3. The van der Waals surface area contributed by atoms with E-state index >= 15 is 0 Å². The Kier molecular flexibility index (Phi) is 5.48. The number of fused-ring (bicyclic) bond motifs is 15. The summed E-state index contributed by atoms with van der Waals surface area (Å²) in [5.74, 6) is 0. The number of para-hydroxylation sites is 2. The maximum Gasteiger partial charge on any atom is 0.214 e. The molecule has 0 unspecified atom stereocenters. The number of aromatic nitrogens is 3. The number of nitrogens with zero attached hydrogens (tertiary/aromatic N) is 3. The number of aryl methyl sites for hydroxylation is 3. The van der Waals surface area contributed by atoms with Crippen LogP contribution in [0.1, 0.15) is 16.7 Å². The minimum absolute atomic E-state index is 0.692. The van der Waals surface area contributed by atoms with E-state index in [0.717, 1.165) is 61.2 Å². The summed E-state index contributed by atoms with van der Waals surface area (Å²) < 4.78 is 13.6. The largest absolute Gasteiger partial charge is 0.439 e. The third-order valence-corrected chi connectivity index (χ3v) is 11.0. The van der Waals surface area contributed by atoms with Crippen LogP contribution in [-0.4, -0.2) is 13.5 Å². The van der Waals surface area contributed by atoms with Crippen molar-refractivity contribution >= 4 is 93.7 Å². The first-order valence-electron chi connectivity index (χ1n) is 17.1. The standard InChI is InChI=1S/C45H30ClN3O/c1-25-20-27(3)43-38(23-25)49-40(24-34-30-14-9-11-19-39(30)50-45(34)49)48(43)37-22-26(2)21-36(42(37)46)47-35-18-10-8-17-33(35)41-31-15-6-4-12-28(31)29-13-5-7-16-32(29)44(41)47/h4-24H,1-3H3. The first-order chi connectivity index (χ1) is 24.5. The van der Waals surface area contributed by atoms with Crippen LogP contribution < -0.4 is 0 Å². The molecule has 11 aromatic rings. The molecule has 0 saturated carbocycles. The molecule has 0 aliphatic rings. The van der Waals surface area contributed by atoms with Gasteiger partial charge in [0, 0.05) is 21.5 Å². The Labute approximate surface area is 291 Å². The van der Waals surface area contributed by atoms with Gasteiger partial charge in [-0.1, -0.05) is 103 Å². The molecule has 4 heterocycles. The predicted molar refractivity (Wildman–Crippen MR) is 210 cm³/mol. The third-order valence-electron chi connectivity index (χ3n) is 10.6. The van der Waals surface area contributed by atoms with Crippen molar-refractivity contribution in [3.05, 3.63) is 149 Å². The third kappa shape index (κ3) is 3.51. The van der Waals surface area contributed by atoms with E-state index in [1.165, 1.54) is 49.0 Å². The number of benzene rings is 7. The van der Waals surface area contributed by atoms with Crippen LogP contribution in [0.4, 0.5) is 0 Å². The second-order valence-electron chi connectivity index (χ2n) is 13.7. The van der Waals surface area contributed by atoms with Gasteiger partial charge in [-0.3, -0.25) is 8.97 Å². The van der Waals surface area contributed by atoms with E-state index < -0.39 is 0 Å². The van der Waals surface area contributed by atoms with Gasteiger partial charge in [-0.25, -0.2) is 0 Å². The monoisotopic (exact) mass is 663 g/mol. The van der Waals surface area contributed by atoms with Crippen molar-refractivity contribution in [1.29, 1.82) is 0 Å². The van der Waals surface area contributed by atoms with Gasteiger partial charge in [0.2, 0.25) is 5.71 Å². The summed E-state index contributed by atoms with van der Waals surface area (Å²) in [5.41, 5.74) is 12.7. The summed E-state index contributed by atoms with van der Waals surface area (Å²) >= 11 is 7.81. The molecular formula is C45H30ClN3O. The van der Waals surface area contributed by atoms with Gasteiger partial charge in [-0.2, -0.15) is 0 Å². The second-order valence-corrected chi connectivity index (χ2v) is 14.1. The van der Waals surface area contributed by atoms with Crippen molar-refractivity contribution in [1.82, 2.24) is 13.5 Å². The molecule has 0 atom stereocenters. The molecular weight excluding hydrogens is 634 g/mol. The lowest BCUT2D eigenvalue weighted by molar-refractivity contribution is 0.651. The Hall–Kier alpha value is -5.97. The predicted octanol–water partition coefficient (Wildman–Crippen LogP) is 12.8. The highest BCUT2D eigenvalue weighted by atomic mass is 35.5. The normalized spacial score (nSPS) is 12.4. The smallest absolute Gasteiger partial charge is 0.214 e. The fourth-order valence-electron chi connectivity index (χ4n) is 8.75. The average Bonchev–Trinajstić information content (AvgIpc) is 3.86. The number of hydrogen-bond donors (Lipinski definition) is 0. The number of rotatable bonds is 2. The molecule has 0 bridgehead atoms. The number of hydrogen-bond acceptors (Lipinski definition) is 1. The van der Waals surface area contributed by atoms with Gasteiger partial charge in [-0.05, 0) is 90.0 Å². The summed E-state index contributed by atoms with van der Waals surface area (Å²) in [7, 11) is 0. The molecule has 7 aromatic carbocycles. The van der Waals surface area contributed by atoms with Gasteiger partial charge in [0.15, 0.2) is 0 Å². The van der Waals surface area contributed by atoms with E-state index in [1.807, 2.05) is 12.1 Å². The molecule has 11 rings (SSSR count). The van der Waals surface area contributed by atoms with Crippen molar-refractivity contribution in [2.24, 2.45) is 0 Å². The number of halogens is 1. The zero-order chi connectivity index (χ0) is 33.4. The first kappa shape index (κ1) is 27.9. The fraction of sp³-hybridized carbons (Fsp3) is 0.0667. The maximum absolute atomic E-state index is 7.81. The van der Waals surface area contributed by atoms with Gasteiger partial charge in [0.25, 0.3) is 0 Å². The molecule has 0 radical (unpaired) electrons. The lowest BCUT2D eigenvalue weighted by Gasteiger charge is -2.18. The highest BCUT2D eigenvalue weighted by Crippen LogP contribution is 2.45. The van der Waals surface area contributed by atoms with Gasteiger partial charge in [0.05, 0.1) is 43.9 Å². The summed E-state index contributed by atoms with van der Waals surface area (Å²) in [6.07, 6.45) is 0. The minimum Gasteiger partial charge on any atom is -0.439 e. The van der Waals surface area contributed by atoms with Crippen LogP contribution in [0.5, 0.6) is 0 Å². The Bertz CT molecular complexity index is 3260. The highest BCUT2D eigenvalue weighted by Gasteiger charge is 2.26. The van der Waals surface area contributed by atoms with Crippen molar-refractivity contribution in [3.63, 3.8) is 0 Å². The van der Waals surface area contributed by atoms with Crippen LogP contribution in [0.2, 0.25) is 5.02 Å². The van der Waals surface area contributed by atoms with Crippen LogP contribution in [0.25, 0.3) is 93.5 Å². The van der Waals surface area contributed by atoms with Crippen molar-refractivity contribution in [3.8, 4) is 11.4 Å². The summed E-state index contributed by atoms with van der Waals surface area (Å²) in [4.78, 5) is 0. The molecule has 5 heteroatoms.